The molecule has 1 saturated carbocycles. The zero-order valence-corrected chi connectivity index (χ0v) is 9.81. The minimum Gasteiger partial charge on any atom is -0.507 e. The number of aryl methyl sites for hydroxylation is 1. The zero-order valence-electron chi connectivity index (χ0n) is 9.81. The number of benzene rings is 1. The van der Waals surface area contributed by atoms with Gasteiger partial charge in [0.2, 0.25) is 0 Å². The lowest BCUT2D eigenvalue weighted by atomic mass is 9.94. The number of aromatic hydroxyl groups is 1. The van der Waals surface area contributed by atoms with Crippen LogP contribution >= 0.6 is 0 Å². The Morgan fingerprint density at radius 3 is 2.71 bits per heavy atom. The number of rotatable bonds is 4. The Balaban J connectivity index is 2.39. The molecule has 0 unspecified atom stereocenters. The first-order chi connectivity index (χ1) is 8.00. The number of hydrogen-bond donors (Lipinski definition) is 3. The topological polar surface area (TPSA) is 83.5 Å². The normalized spacial score (nSPS) is 16.8. The van der Waals surface area contributed by atoms with Crippen molar-refractivity contribution in [2.45, 2.75) is 32.2 Å². The smallest absolute Gasteiger partial charge is 0.336 e. The minimum atomic E-state index is -1.04. The van der Waals surface area contributed by atoms with E-state index in [1.54, 1.807) is 13.0 Å². The molecule has 17 heavy (non-hydrogen) atoms. The van der Waals surface area contributed by atoms with Gasteiger partial charge in [-0.05, 0) is 30.9 Å². The fourth-order valence-electron chi connectivity index (χ4n) is 2.11. The van der Waals surface area contributed by atoms with Gasteiger partial charge < -0.3 is 15.9 Å². The maximum absolute atomic E-state index is 11.1. The van der Waals surface area contributed by atoms with Crippen molar-refractivity contribution in [2.75, 3.05) is 0 Å². The van der Waals surface area contributed by atoms with Crippen LogP contribution in [-0.2, 0) is 0 Å². The Kier molecular flexibility index (Phi) is 3.07. The maximum Gasteiger partial charge on any atom is 0.336 e. The van der Waals surface area contributed by atoms with Crippen molar-refractivity contribution < 1.29 is 15.0 Å². The molecule has 0 saturated heterocycles. The molecule has 4 heteroatoms. The van der Waals surface area contributed by atoms with Crippen LogP contribution < -0.4 is 5.73 Å². The van der Waals surface area contributed by atoms with Crippen LogP contribution in [0, 0.1) is 12.8 Å². The second-order valence-corrected chi connectivity index (χ2v) is 4.78. The standard InChI is InChI=1S/C13H17NO3/c1-7-2-5-9(13(16)17)11(12(7)15)10(14)6-8-3-4-8/h2,5,8,10,15H,3-4,6,14H2,1H3,(H,16,17)/t10-/m0/s1. The van der Waals surface area contributed by atoms with E-state index in [1.807, 2.05) is 0 Å². The first kappa shape index (κ1) is 11.9. The molecule has 4 nitrogen and oxygen atoms in total. The summed E-state index contributed by atoms with van der Waals surface area (Å²) in [7, 11) is 0. The third-order valence-corrected chi connectivity index (χ3v) is 3.30. The molecule has 0 aliphatic heterocycles. The van der Waals surface area contributed by atoms with Crippen LogP contribution in [0.1, 0.15) is 46.8 Å². The molecule has 0 aromatic heterocycles. The summed E-state index contributed by atoms with van der Waals surface area (Å²) in [6.45, 7) is 1.74. The van der Waals surface area contributed by atoms with Gasteiger partial charge in [0.05, 0.1) is 5.56 Å². The highest BCUT2D eigenvalue weighted by Gasteiger charge is 2.28. The Labute approximate surface area is 100 Å². The number of hydrogen-bond acceptors (Lipinski definition) is 3. The lowest BCUT2D eigenvalue weighted by molar-refractivity contribution is 0.0694. The second kappa shape index (κ2) is 4.37. The third kappa shape index (κ3) is 2.42. The molecule has 0 radical (unpaired) electrons. The fourth-order valence-corrected chi connectivity index (χ4v) is 2.11. The first-order valence-electron chi connectivity index (χ1n) is 5.82. The van der Waals surface area contributed by atoms with E-state index in [1.165, 1.54) is 6.07 Å². The predicted molar refractivity (Wildman–Crippen MR) is 64.1 cm³/mol. The number of carboxylic acid groups (broad SMARTS) is 1. The van der Waals surface area contributed by atoms with Gasteiger partial charge in [0.1, 0.15) is 5.75 Å². The number of phenolic OH excluding ortho intramolecular Hbond substituents is 1. The van der Waals surface area contributed by atoms with Crippen LogP contribution in [-0.4, -0.2) is 16.2 Å². The monoisotopic (exact) mass is 235 g/mol. The van der Waals surface area contributed by atoms with E-state index >= 15 is 0 Å². The molecule has 2 rings (SSSR count). The lowest BCUT2D eigenvalue weighted by Crippen LogP contribution is -2.16. The van der Waals surface area contributed by atoms with Crippen molar-refractivity contribution in [3.63, 3.8) is 0 Å². The van der Waals surface area contributed by atoms with Crippen molar-refractivity contribution in [3.05, 3.63) is 28.8 Å². The van der Waals surface area contributed by atoms with Crippen LogP contribution in [0.5, 0.6) is 5.75 Å². The van der Waals surface area contributed by atoms with Crippen molar-refractivity contribution in [2.24, 2.45) is 11.7 Å². The molecule has 1 aliphatic carbocycles. The summed E-state index contributed by atoms with van der Waals surface area (Å²) >= 11 is 0. The average molecular weight is 235 g/mol. The summed E-state index contributed by atoms with van der Waals surface area (Å²) in [5, 5.41) is 19.1. The average Bonchev–Trinajstić information content (AvgIpc) is 3.05. The molecule has 0 heterocycles. The van der Waals surface area contributed by atoms with Gasteiger partial charge in [0.15, 0.2) is 0 Å². The van der Waals surface area contributed by atoms with Crippen molar-refractivity contribution in [1.82, 2.24) is 0 Å². The van der Waals surface area contributed by atoms with E-state index in [4.69, 9.17) is 10.8 Å². The van der Waals surface area contributed by atoms with Crippen LogP contribution in [0.2, 0.25) is 0 Å². The van der Waals surface area contributed by atoms with E-state index in [0.717, 1.165) is 19.3 Å². The van der Waals surface area contributed by atoms with Crippen molar-refractivity contribution in [1.29, 1.82) is 0 Å². The molecule has 1 atom stereocenters. The molecule has 1 aromatic rings. The highest BCUT2D eigenvalue weighted by atomic mass is 16.4. The molecule has 0 spiro atoms. The van der Waals surface area contributed by atoms with Gasteiger partial charge >= 0.3 is 5.97 Å². The number of carbonyl (C=O) groups is 1. The number of carboxylic acids is 1. The molecule has 1 aromatic carbocycles. The van der Waals surface area contributed by atoms with Gasteiger partial charge in [0.25, 0.3) is 0 Å². The predicted octanol–water partition coefficient (Wildman–Crippen LogP) is 2.20. The summed E-state index contributed by atoms with van der Waals surface area (Å²) in [5.74, 6) is -0.425. The largest absolute Gasteiger partial charge is 0.507 e. The summed E-state index contributed by atoms with van der Waals surface area (Å²) in [6, 6.07) is 2.72. The van der Waals surface area contributed by atoms with Crippen molar-refractivity contribution >= 4 is 5.97 Å². The zero-order chi connectivity index (χ0) is 12.6. The number of aromatic carboxylic acids is 1. The summed E-state index contributed by atoms with van der Waals surface area (Å²) in [6.07, 6.45) is 3.06. The van der Waals surface area contributed by atoms with E-state index in [0.29, 0.717) is 17.0 Å². The van der Waals surface area contributed by atoms with Crippen molar-refractivity contribution in [3.8, 4) is 5.75 Å². The second-order valence-electron chi connectivity index (χ2n) is 4.78. The van der Waals surface area contributed by atoms with Crippen LogP contribution in [0.4, 0.5) is 0 Å². The SMILES string of the molecule is Cc1ccc(C(=O)O)c([C@@H](N)CC2CC2)c1O. The number of phenols is 1. The van der Waals surface area contributed by atoms with Gasteiger partial charge in [-0.2, -0.15) is 0 Å². The van der Waals surface area contributed by atoms with Crippen LogP contribution in [0.25, 0.3) is 0 Å². The first-order valence-corrected chi connectivity index (χ1v) is 5.82. The lowest BCUT2D eigenvalue weighted by Gasteiger charge is -2.17. The van der Waals surface area contributed by atoms with Crippen LogP contribution in [0.15, 0.2) is 12.1 Å². The van der Waals surface area contributed by atoms with E-state index in [2.05, 4.69) is 0 Å². The van der Waals surface area contributed by atoms with Gasteiger partial charge in [-0.25, -0.2) is 4.79 Å². The van der Waals surface area contributed by atoms with E-state index in [9.17, 15) is 9.90 Å². The Bertz CT molecular complexity index is 452. The summed E-state index contributed by atoms with van der Waals surface area (Å²) in [4.78, 5) is 11.1. The number of nitrogens with two attached hydrogens (primary N) is 1. The molecular formula is C13H17NO3. The highest BCUT2D eigenvalue weighted by molar-refractivity contribution is 5.90. The highest BCUT2D eigenvalue weighted by Crippen LogP contribution is 2.40. The minimum absolute atomic E-state index is 0.0260. The van der Waals surface area contributed by atoms with Gasteiger partial charge in [-0.3, -0.25) is 0 Å². The molecule has 1 aliphatic rings. The summed E-state index contributed by atoms with van der Waals surface area (Å²) in [5.41, 5.74) is 7.18. The van der Waals surface area contributed by atoms with E-state index < -0.39 is 12.0 Å². The third-order valence-electron chi connectivity index (χ3n) is 3.30. The summed E-state index contributed by atoms with van der Waals surface area (Å²) < 4.78 is 0. The van der Waals surface area contributed by atoms with Gasteiger partial charge in [-0.15, -0.1) is 0 Å². The fraction of sp³-hybridized carbons (Fsp3) is 0.462. The molecule has 92 valence electrons. The maximum atomic E-state index is 11.1. The molecule has 4 N–H and O–H groups in total. The molecule has 0 amide bonds. The Hall–Kier alpha value is -1.55. The molecule has 1 fully saturated rings. The Morgan fingerprint density at radius 2 is 2.18 bits per heavy atom. The molecular weight excluding hydrogens is 218 g/mol. The quantitative estimate of drug-likeness (QED) is 0.747. The van der Waals surface area contributed by atoms with Gasteiger partial charge in [-0.1, -0.05) is 18.9 Å². The van der Waals surface area contributed by atoms with Crippen LogP contribution in [0.3, 0.4) is 0 Å². The molecule has 0 bridgehead atoms. The van der Waals surface area contributed by atoms with Gasteiger partial charge in [0, 0.05) is 11.6 Å². The Morgan fingerprint density at radius 1 is 1.53 bits per heavy atom. The van der Waals surface area contributed by atoms with E-state index in [-0.39, 0.29) is 11.3 Å².